The molecule has 0 amide bonds. The third-order valence-corrected chi connectivity index (χ3v) is 2.10. The zero-order valence-electron chi connectivity index (χ0n) is 6.51. The van der Waals surface area contributed by atoms with Gasteiger partial charge in [-0.05, 0) is 12.1 Å². The van der Waals surface area contributed by atoms with Crippen LogP contribution < -0.4 is 0 Å². The zero-order chi connectivity index (χ0) is 9.35. The molecule has 5 nitrogen and oxygen atoms in total. The number of phenolic OH excluding ortho intramolecular Hbond substituents is 2. The summed E-state index contributed by atoms with van der Waals surface area (Å²) in [5.74, 6) is -0.948. The molecule has 1 rings (SSSR count). The van der Waals surface area contributed by atoms with E-state index in [1.54, 1.807) is 0 Å². The van der Waals surface area contributed by atoms with Crippen LogP contribution in [0.5, 0.6) is 11.5 Å². The molecule has 0 radical (unpaired) electrons. The standard InChI is InChI=1S/C6H6O5S.Mg/c7-4-1-2-5(8)6(3-4)12(9,10)11;/h1-3,7-8H,(H,9,10,11);/q;+2. The Kier molecular flexibility index (Phi) is 3.98. The molecule has 66 valence electrons. The molecule has 0 unspecified atom stereocenters. The number of hydrogen-bond donors (Lipinski definition) is 3. The molecule has 0 bridgehead atoms. The maximum Gasteiger partial charge on any atom is 2.00 e. The van der Waals surface area contributed by atoms with Gasteiger partial charge in [0.25, 0.3) is 10.1 Å². The molecule has 0 fully saturated rings. The summed E-state index contributed by atoms with van der Waals surface area (Å²) in [5.41, 5.74) is 0. The van der Waals surface area contributed by atoms with Crippen LogP contribution in [0, 0.1) is 0 Å². The second-order valence-electron chi connectivity index (χ2n) is 2.13. The molecule has 0 heterocycles. The molecule has 0 aromatic heterocycles. The summed E-state index contributed by atoms with van der Waals surface area (Å²) in [6.45, 7) is 0. The van der Waals surface area contributed by atoms with Crippen molar-refractivity contribution < 1.29 is 23.2 Å². The van der Waals surface area contributed by atoms with Gasteiger partial charge in [-0.1, -0.05) is 0 Å². The van der Waals surface area contributed by atoms with Gasteiger partial charge in [0.2, 0.25) is 0 Å². The van der Waals surface area contributed by atoms with Crippen molar-refractivity contribution in [1.29, 1.82) is 0 Å². The minimum Gasteiger partial charge on any atom is -0.508 e. The molecular formula is C6H6MgO5S+2. The SMILES string of the molecule is O=S(=O)(O)c1cc(O)ccc1O.[Mg+2]. The molecule has 0 aliphatic rings. The summed E-state index contributed by atoms with van der Waals surface area (Å²) in [4.78, 5) is -0.706. The average molecular weight is 214 g/mol. The van der Waals surface area contributed by atoms with Crippen molar-refractivity contribution in [1.82, 2.24) is 0 Å². The van der Waals surface area contributed by atoms with Crippen molar-refractivity contribution in [2.24, 2.45) is 0 Å². The molecule has 7 heteroatoms. The average Bonchev–Trinajstić information content (AvgIpc) is 1.92. The Morgan fingerprint density at radius 1 is 1.15 bits per heavy atom. The molecule has 0 atom stereocenters. The third kappa shape index (κ3) is 3.03. The van der Waals surface area contributed by atoms with Gasteiger partial charge >= 0.3 is 23.1 Å². The van der Waals surface area contributed by atoms with Gasteiger partial charge < -0.3 is 10.2 Å². The van der Waals surface area contributed by atoms with Gasteiger partial charge in [0.05, 0.1) is 0 Å². The Morgan fingerprint density at radius 2 is 1.69 bits per heavy atom. The van der Waals surface area contributed by atoms with Crippen LogP contribution in [0.2, 0.25) is 0 Å². The second-order valence-corrected chi connectivity index (χ2v) is 3.52. The summed E-state index contributed by atoms with van der Waals surface area (Å²) in [7, 11) is -4.47. The minimum atomic E-state index is -4.47. The van der Waals surface area contributed by atoms with Crippen molar-refractivity contribution in [2.45, 2.75) is 4.90 Å². The van der Waals surface area contributed by atoms with Crippen LogP contribution in [0.3, 0.4) is 0 Å². The van der Waals surface area contributed by atoms with Crippen LogP contribution >= 0.6 is 0 Å². The van der Waals surface area contributed by atoms with E-state index in [9.17, 15) is 8.42 Å². The van der Waals surface area contributed by atoms with Crippen LogP contribution in [0.25, 0.3) is 0 Å². The normalized spacial score (nSPS) is 10.5. The summed E-state index contributed by atoms with van der Waals surface area (Å²) >= 11 is 0. The minimum absolute atomic E-state index is 0. The first-order valence-corrected chi connectivity index (χ1v) is 4.35. The van der Waals surface area contributed by atoms with E-state index in [2.05, 4.69) is 0 Å². The van der Waals surface area contributed by atoms with Crippen molar-refractivity contribution in [3.63, 3.8) is 0 Å². The first-order chi connectivity index (χ1) is 5.41. The molecule has 0 spiro atoms. The Bertz CT molecular complexity index is 399. The second kappa shape index (κ2) is 4.14. The molecule has 0 saturated carbocycles. The third-order valence-electron chi connectivity index (χ3n) is 1.22. The molecule has 3 N–H and O–H groups in total. The topological polar surface area (TPSA) is 94.8 Å². The number of aromatic hydroxyl groups is 2. The molecule has 1 aromatic rings. The Labute approximate surface area is 90.9 Å². The molecule has 0 aliphatic carbocycles. The molecule has 1 aromatic carbocycles. The Hall–Kier alpha value is -0.504. The first-order valence-electron chi connectivity index (χ1n) is 2.91. The van der Waals surface area contributed by atoms with Crippen LogP contribution in [-0.2, 0) is 10.1 Å². The van der Waals surface area contributed by atoms with Crippen LogP contribution in [0.4, 0.5) is 0 Å². The molecular weight excluding hydrogens is 208 g/mol. The van der Waals surface area contributed by atoms with Crippen molar-refractivity contribution in [3.8, 4) is 11.5 Å². The largest absolute Gasteiger partial charge is 2.00 e. The number of hydrogen-bond acceptors (Lipinski definition) is 4. The Balaban J connectivity index is 0.00000144. The fourth-order valence-electron chi connectivity index (χ4n) is 0.709. The van der Waals surface area contributed by atoms with Gasteiger partial charge in [0.1, 0.15) is 16.4 Å². The molecule has 0 saturated heterocycles. The summed E-state index contributed by atoms with van der Waals surface area (Å²) in [6, 6.07) is 2.83. The number of phenols is 2. The smallest absolute Gasteiger partial charge is 0.508 e. The van der Waals surface area contributed by atoms with E-state index in [0.29, 0.717) is 0 Å². The monoisotopic (exact) mass is 214 g/mol. The zero-order valence-corrected chi connectivity index (χ0v) is 8.74. The quantitative estimate of drug-likeness (QED) is 0.346. The summed E-state index contributed by atoms with van der Waals surface area (Å²) in [5, 5.41) is 17.7. The predicted molar refractivity (Wildman–Crippen MR) is 45.3 cm³/mol. The maximum absolute atomic E-state index is 10.5. The fourth-order valence-corrected chi connectivity index (χ4v) is 1.31. The van der Waals surface area contributed by atoms with Crippen LogP contribution in [-0.4, -0.2) is 46.2 Å². The molecule has 0 aliphatic heterocycles. The van der Waals surface area contributed by atoms with E-state index in [1.807, 2.05) is 0 Å². The van der Waals surface area contributed by atoms with Crippen LogP contribution in [0.15, 0.2) is 23.1 Å². The van der Waals surface area contributed by atoms with Crippen molar-refractivity contribution in [3.05, 3.63) is 18.2 Å². The van der Waals surface area contributed by atoms with Gasteiger partial charge in [-0.2, -0.15) is 8.42 Å². The maximum atomic E-state index is 10.5. The van der Waals surface area contributed by atoms with Crippen molar-refractivity contribution in [2.75, 3.05) is 0 Å². The van der Waals surface area contributed by atoms with Gasteiger partial charge in [0, 0.05) is 6.07 Å². The first kappa shape index (κ1) is 12.5. The van der Waals surface area contributed by atoms with Crippen LogP contribution in [0.1, 0.15) is 0 Å². The van der Waals surface area contributed by atoms with Crippen molar-refractivity contribution >= 4 is 33.2 Å². The van der Waals surface area contributed by atoms with E-state index >= 15 is 0 Å². The molecule has 13 heavy (non-hydrogen) atoms. The van der Waals surface area contributed by atoms with E-state index < -0.39 is 20.8 Å². The number of benzene rings is 1. The van der Waals surface area contributed by atoms with Gasteiger partial charge in [-0.25, -0.2) is 0 Å². The van der Waals surface area contributed by atoms with Gasteiger partial charge in [-0.3, -0.25) is 4.55 Å². The van der Waals surface area contributed by atoms with E-state index in [0.717, 1.165) is 18.2 Å². The fraction of sp³-hybridized carbons (Fsp3) is 0. The summed E-state index contributed by atoms with van der Waals surface area (Å²) < 4.78 is 29.5. The van der Waals surface area contributed by atoms with E-state index in [1.165, 1.54) is 0 Å². The predicted octanol–water partition coefficient (Wildman–Crippen LogP) is -0.0363. The van der Waals surface area contributed by atoms with Gasteiger partial charge in [-0.15, -0.1) is 0 Å². The van der Waals surface area contributed by atoms with E-state index in [4.69, 9.17) is 14.8 Å². The summed E-state index contributed by atoms with van der Waals surface area (Å²) in [6.07, 6.45) is 0. The van der Waals surface area contributed by atoms with Gasteiger partial charge in [0.15, 0.2) is 0 Å². The number of rotatable bonds is 1. The van der Waals surface area contributed by atoms with E-state index in [-0.39, 0.29) is 28.8 Å². The Morgan fingerprint density at radius 3 is 2.08 bits per heavy atom.